The number of carbonyl (C=O) groups excluding carboxylic acids is 1. The van der Waals surface area contributed by atoms with Crippen LogP contribution in [0.15, 0.2) is 71.2 Å². The first kappa shape index (κ1) is 19.1. The third kappa shape index (κ3) is 3.97. The summed E-state index contributed by atoms with van der Waals surface area (Å²) in [6.07, 6.45) is 1.43. The van der Waals surface area contributed by atoms with Crippen molar-refractivity contribution in [2.75, 3.05) is 0 Å². The third-order valence-corrected chi connectivity index (χ3v) is 4.26. The molecule has 0 aliphatic heterocycles. The molecule has 30 heavy (non-hydrogen) atoms. The molecule has 1 amide bonds. The van der Waals surface area contributed by atoms with Gasteiger partial charge in [0.1, 0.15) is 18.8 Å². The number of ether oxygens (including phenoxy) is 1. The van der Waals surface area contributed by atoms with Crippen LogP contribution in [-0.4, -0.2) is 30.9 Å². The number of H-pyrrole nitrogens is 1. The van der Waals surface area contributed by atoms with Crippen molar-refractivity contribution in [3.8, 4) is 17.0 Å². The number of aryl methyl sites for hydroxylation is 1. The van der Waals surface area contributed by atoms with Crippen molar-refractivity contribution in [3.05, 3.63) is 78.1 Å². The Labute approximate surface area is 170 Å². The lowest BCUT2D eigenvalue weighted by molar-refractivity contribution is 0.0991. The van der Waals surface area contributed by atoms with Crippen LogP contribution in [-0.2, 0) is 13.7 Å². The molecule has 2 heterocycles. The van der Waals surface area contributed by atoms with E-state index in [1.807, 2.05) is 30.3 Å². The summed E-state index contributed by atoms with van der Waals surface area (Å²) in [4.78, 5) is 16.3. The van der Waals surface area contributed by atoms with Gasteiger partial charge >= 0.3 is 0 Å². The topological polar surface area (TPSA) is 110 Å². The minimum Gasteiger partial charge on any atom is -0.468 e. The van der Waals surface area contributed by atoms with Gasteiger partial charge in [0.2, 0.25) is 5.88 Å². The average Bonchev–Trinajstić information content (AvgIpc) is 3.37. The van der Waals surface area contributed by atoms with Crippen LogP contribution < -0.4 is 4.74 Å². The van der Waals surface area contributed by atoms with Crippen LogP contribution in [0.3, 0.4) is 0 Å². The van der Waals surface area contributed by atoms with Gasteiger partial charge in [-0.3, -0.25) is 14.6 Å². The zero-order valence-electron chi connectivity index (χ0n) is 15.9. The Morgan fingerprint density at radius 2 is 1.93 bits per heavy atom. The second-order valence-corrected chi connectivity index (χ2v) is 6.19. The van der Waals surface area contributed by atoms with Crippen molar-refractivity contribution in [3.63, 3.8) is 0 Å². The van der Waals surface area contributed by atoms with Gasteiger partial charge in [-0.15, -0.1) is 15.3 Å². The van der Waals surface area contributed by atoms with Crippen LogP contribution in [0.25, 0.3) is 11.1 Å². The van der Waals surface area contributed by atoms with Gasteiger partial charge in [-0.05, 0) is 17.7 Å². The molecule has 0 saturated heterocycles. The zero-order valence-corrected chi connectivity index (χ0v) is 15.9. The molecule has 0 radical (unpaired) electrons. The summed E-state index contributed by atoms with van der Waals surface area (Å²) >= 11 is 0. The molecular formula is C20H16FN7O2. The lowest BCUT2D eigenvalue weighted by Gasteiger charge is -2.06. The Balaban J connectivity index is 1.64. The molecule has 2 aromatic carbocycles. The van der Waals surface area contributed by atoms with E-state index in [9.17, 15) is 9.18 Å². The Bertz CT molecular complexity index is 1200. The molecule has 0 saturated carbocycles. The van der Waals surface area contributed by atoms with E-state index >= 15 is 0 Å². The number of nitrogens with one attached hydrogen (secondary N) is 1. The monoisotopic (exact) mass is 405 g/mol. The van der Waals surface area contributed by atoms with Gasteiger partial charge in [0, 0.05) is 7.05 Å². The fourth-order valence-electron chi connectivity index (χ4n) is 2.73. The number of rotatable bonds is 6. The number of nitrogens with zero attached hydrogens (tertiary/aromatic N) is 6. The van der Waals surface area contributed by atoms with Gasteiger partial charge in [-0.2, -0.15) is 5.10 Å². The van der Waals surface area contributed by atoms with Crippen LogP contribution in [0.5, 0.6) is 5.88 Å². The number of azo groups is 1. The summed E-state index contributed by atoms with van der Waals surface area (Å²) in [5.74, 6) is -0.393. The van der Waals surface area contributed by atoms with Crippen LogP contribution in [0.2, 0.25) is 0 Å². The first-order valence-corrected chi connectivity index (χ1v) is 8.93. The molecule has 0 aliphatic rings. The maximum Gasteiger partial charge on any atom is 0.298 e. The van der Waals surface area contributed by atoms with Crippen molar-refractivity contribution in [2.24, 2.45) is 17.3 Å². The summed E-state index contributed by atoms with van der Waals surface area (Å²) < 4.78 is 21.2. The molecule has 150 valence electrons. The third-order valence-electron chi connectivity index (χ3n) is 4.26. The summed E-state index contributed by atoms with van der Waals surface area (Å²) in [7, 11) is 1.75. The second kappa shape index (κ2) is 8.43. The maximum absolute atomic E-state index is 13.8. The van der Waals surface area contributed by atoms with Crippen LogP contribution in [0.1, 0.15) is 16.2 Å². The van der Waals surface area contributed by atoms with Gasteiger partial charge in [0.15, 0.2) is 11.6 Å². The Morgan fingerprint density at radius 1 is 1.17 bits per heavy atom. The molecule has 0 atom stereocenters. The van der Waals surface area contributed by atoms with E-state index < -0.39 is 11.7 Å². The Kier molecular flexibility index (Phi) is 5.37. The first-order valence-electron chi connectivity index (χ1n) is 8.93. The number of amides is 1. The number of hydrogen-bond acceptors (Lipinski definition) is 6. The van der Waals surface area contributed by atoms with Gasteiger partial charge in [-0.25, -0.2) is 9.37 Å². The van der Waals surface area contributed by atoms with Crippen molar-refractivity contribution in [1.29, 1.82) is 0 Å². The lowest BCUT2D eigenvalue weighted by atomic mass is 10.1. The summed E-state index contributed by atoms with van der Waals surface area (Å²) in [5.41, 5.74) is 1.11. The van der Waals surface area contributed by atoms with Gasteiger partial charge in [0.05, 0.1) is 11.1 Å². The fourth-order valence-corrected chi connectivity index (χ4v) is 2.73. The van der Waals surface area contributed by atoms with E-state index in [2.05, 4.69) is 30.5 Å². The number of benzene rings is 2. The SMILES string of the molecule is Cn1ncnc1COc1n[nH]c(N=NC(=O)c2ccccc2F)c1-c1ccccc1. The van der Waals surface area contributed by atoms with E-state index in [4.69, 9.17) is 4.74 Å². The van der Waals surface area contributed by atoms with Crippen molar-refractivity contribution >= 4 is 11.7 Å². The van der Waals surface area contributed by atoms with Crippen molar-refractivity contribution in [2.45, 2.75) is 6.61 Å². The average molecular weight is 405 g/mol. The van der Waals surface area contributed by atoms with E-state index in [0.29, 0.717) is 11.4 Å². The minimum atomic E-state index is -0.803. The first-order chi connectivity index (χ1) is 14.6. The van der Waals surface area contributed by atoms with E-state index in [1.54, 1.807) is 17.8 Å². The molecule has 2 aromatic heterocycles. The van der Waals surface area contributed by atoms with E-state index in [0.717, 1.165) is 5.56 Å². The molecule has 9 nitrogen and oxygen atoms in total. The molecule has 0 aliphatic carbocycles. The Morgan fingerprint density at radius 3 is 2.67 bits per heavy atom. The fraction of sp³-hybridized carbons (Fsp3) is 0.100. The summed E-state index contributed by atoms with van der Waals surface area (Å²) in [5, 5.41) is 18.5. The molecule has 0 fully saturated rings. The van der Waals surface area contributed by atoms with Crippen molar-refractivity contribution < 1.29 is 13.9 Å². The summed E-state index contributed by atoms with van der Waals surface area (Å²) in [6, 6.07) is 14.8. The molecule has 1 N–H and O–H groups in total. The van der Waals surface area contributed by atoms with Crippen LogP contribution in [0.4, 0.5) is 10.2 Å². The molecule has 0 bridgehead atoms. The van der Waals surface area contributed by atoms with Crippen LogP contribution in [0, 0.1) is 5.82 Å². The molecule has 10 heteroatoms. The smallest absolute Gasteiger partial charge is 0.298 e. The second-order valence-electron chi connectivity index (χ2n) is 6.19. The number of carbonyl (C=O) groups is 1. The predicted octanol–water partition coefficient (Wildman–Crippen LogP) is 3.85. The van der Waals surface area contributed by atoms with Gasteiger partial charge in [-0.1, -0.05) is 42.5 Å². The molecule has 0 spiro atoms. The minimum absolute atomic E-state index is 0.131. The highest BCUT2D eigenvalue weighted by atomic mass is 19.1. The van der Waals surface area contributed by atoms with Crippen molar-refractivity contribution in [1.82, 2.24) is 25.0 Å². The normalized spacial score (nSPS) is 11.1. The predicted molar refractivity (Wildman–Crippen MR) is 105 cm³/mol. The molecule has 4 aromatic rings. The van der Waals surface area contributed by atoms with Gasteiger partial charge < -0.3 is 4.74 Å². The molecular weight excluding hydrogens is 389 g/mol. The lowest BCUT2D eigenvalue weighted by Crippen LogP contribution is -2.05. The number of aromatic nitrogens is 5. The highest BCUT2D eigenvalue weighted by Gasteiger charge is 2.18. The van der Waals surface area contributed by atoms with Crippen LogP contribution >= 0.6 is 0 Å². The highest BCUT2D eigenvalue weighted by molar-refractivity contribution is 5.95. The molecule has 0 unspecified atom stereocenters. The highest BCUT2D eigenvalue weighted by Crippen LogP contribution is 2.37. The zero-order chi connectivity index (χ0) is 20.9. The number of aromatic amines is 1. The maximum atomic E-state index is 13.8. The number of hydrogen-bond donors (Lipinski definition) is 1. The van der Waals surface area contributed by atoms with Gasteiger partial charge in [0.25, 0.3) is 5.91 Å². The van der Waals surface area contributed by atoms with E-state index in [-0.39, 0.29) is 23.9 Å². The summed E-state index contributed by atoms with van der Waals surface area (Å²) in [6.45, 7) is 0.131. The standard InChI is InChI=1S/C20H16FN7O2/c1-28-16(22-12-23-28)11-30-20-17(13-7-3-2-4-8-13)18(25-27-20)24-26-19(29)14-9-5-6-10-15(14)21/h2-10,12H,11H2,1H3,(H,25,27). The number of halogens is 1. The Hall–Kier alpha value is -4.21. The molecule has 4 rings (SSSR count). The van der Waals surface area contributed by atoms with E-state index in [1.165, 1.54) is 24.5 Å². The quantitative estimate of drug-likeness (QED) is 0.490. The largest absolute Gasteiger partial charge is 0.468 e.